The molecule has 0 saturated carbocycles. The van der Waals surface area contributed by atoms with Crippen LogP contribution >= 0.6 is 0 Å². The number of hydrogen-bond acceptors (Lipinski definition) is 4. The molecule has 0 aliphatic heterocycles. The number of carbonyl (C=O) groups is 1. The van der Waals surface area contributed by atoms with Crippen molar-refractivity contribution >= 4 is 12.0 Å². The summed E-state index contributed by atoms with van der Waals surface area (Å²) in [5, 5.41) is 17.6. The lowest BCUT2D eigenvalue weighted by Crippen LogP contribution is -2.03. The van der Waals surface area contributed by atoms with Gasteiger partial charge in [0.15, 0.2) is 11.5 Å². The minimum absolute atomic E-state index is 0.328. The summed E-state index contributed by atoms with van der Waals surface area (Å²) in [4.78, 5) is 10.8. The van der Waals surface area contributed by atoms with Gasteiger partial charge in [-0.25, -0.2) is 4.79 Å². The van der Waals surface area contributed by atoms with E-state index in [-0.39, 0.29) is 5.57 Å². The second kappa shape index (κ2) is 7.95. The van der Waals surface area contributed by atoms with E-state index in [1.807, 2.05) is 0 Å². The van der Waals surface area contributed by atoms with Crippen LogP contribution in [0.4, 0.5) is 0 Å². The van der Waals surface area contributed by atoms with Gasteiger partial charge in [-0.3, -0.25) is 0 Å². The number of ether oxygens (including phenoxy) is 2. The quantitative estimate of drug-likeness (QED) is 0.616. The zero-order valence-electron chi connectivity index (χ0n) is 12.4. The van der Waals surface area contributed by atoms with Crippen LogP contribution in [0.1, 0.15) is 25.8 Å². The van der Waals surface area contributed by atoms with Crippen LogP contribution in [-0.2, 0) is 4.79 Å². The topological polar surface area (TPSA) is 79.5 Å². The molecule has 1 aromatic carbocycles. The van der Waals surface area contributed by atoms with Gasteiger partial charge in [-0.05, 0) is 36.1 Å². The molecule has 5 nitrogen and oxygen atoms in total. The van der Waals surface area contributed by atoms with E-state index in [9.17, 15) is 4.79 Å². The fourth-order valence-corrected chi connectivity index (χ4v) is 1.61. The van der Waals surface area contributed by atoms with E-state index in [2.05, 4.69) is 13.8 Å². The minimum atomic E-state index is -1.26. The summed E-state index contributed by atoms with van der Waals surface area (Å²) in [5.74, 6) is 0.403. The zero-order chi connectivity index (χ0) is 15.8. The van der Waals surface area contributed by atoms with Crippen LogP contribution in [0.25, 0.3) is 6.08 Å². The molecule has 0 spiro atoms. The van der Waals surface area contributed by atoms with Crippen molar-refractivity contribution in [3.05, 3.63) is 29.3 Å². The summed E-state index contributed by atoms with van der Waals surface area (Å²) < 4.78 is 10.9. The van der Waals surface area contributed by atoms with Gasteiger partial charge in [0.05, 0.1) is 13.7 Å². The third-order valence-corrected chi connectivity index (χ3v) is 2.80. The van der Waals surface area contributed by atoms with Crippen LogP contribution in [0.2, 0.25) is 0 Å². The SMILES string of the molecule is COc1cc(/C=C(\C#N)C(=O)O)ccc1OCCC(C)C. The highest BCUT2D eigenvalue weighted by atomic mass is 16.5. The van der Waals surface area contributed by atoms with Gasteiger partial charge >= 0.3 is 5.97 Å². The van der Waals surface area contributed by atoms with E-state index in [1.54, 1.807) is 24.3 Å². The van der Waals surface area contributed by atoms with Crippen molar-refractivity contribution in [3.63, 3.8) is 0 Å². The van der Waals surface area contributed by atoms with Gasteiger partial charge in [0.2, 0.25) is 0 Å². The second-order valence-electron chi connectivity index (χ2n) is 4.92. The van der Waals surface area contributed by atoms with Gasteiger partial charge in [-0.15, -0.1) is 0 Å². The van der Waals surface area contributed by atoms with E-state index in [0.29, 0.717) is 29.6 Å². The standard InChI is InChI=1S/C16H19NO4/c1-11(2)6-7-21-14-5-4-12(9-15(14)20-3)8-13(10-17)16(18)19/h4-5,8-9,11H,6-7H2,1-3H3,(H,18,19)/b13-8+. The molecule has 1 N–H and O–H groups in total. The fourth-order valence-electron chi connectivity index (χ4n) is 1.61. The van der Waals surface area contributed by atoms with Crippen molar-refractivity contribution in [2.75, 3.05) is 13.7 Å². The highest BCUT2D eigenvalue weighted by molar-refractivity contribution is 5.96. The van der Waals surface area contributed by atoms with Crippen molar-refractivity contribution < 1.29 is 19.4 Å². The fraction of sp³-hybridized carbons (Fsp3) is 0.375. The normalized spacial score (nSPS) is 11.1. The molecule has 0 radical (unpaired) electrons. The molecule has 21 heavy (non-hydrogen) atoms. The molecule has 5 heteroatoms. The van der Waals surface area contributed by atoms with E-state index in [0.717, 1.165) is 6.42 Å². The first-order chi connectivity index (χ1) is 9.97. The number of carboxylic acid groups (broad SMARTS) is 1. The molecule has 0 atom stereocenters. The van der Waals surface area contributed by atoms with Crippen LogP contribution < -0.4 is 9.47 Å². The highest BCUT2D eigenvalue weighted by Gasteiger charge is 2.09. The maximum absolute atomic E-state index is 10.8. The molecule has 0 aromatic heterocycles. The monoisotopic (exact) mass is 289 g/mol. The molecule has 0 heterocycles. The molecule has 0 bridgehead atoms. The van der Waals surface area contributed by atoms with Crippen LogP contribution in [0, 0.1) is 17.2 Å². The van der Waals surface area contributed by atoms with Crippen molar-refractivity contribution in [2.45, 2.75) is 20.3 Å². The van der Waals surface area contributed by atoms with Gasteiger partial charge in [0.25, 0.3) is 0 Å². The van der Waals surface area contributed by atoms with E-state index in [1.165, 1.54) is 13.2 Å². The van der Waals surface area contributed by atoms with Crippen LogP contribution in [0.5, 0.6) is 11.5 Å². The number of carboxylic acids is 1. The summed E-state index contributed by atoms with van der Waals surface area (Å²) in [6, 6.07) is 6.68. The Morgan fingerprint density at radius 2 is 2.14 bits per heavy atom. The van der Waals surface area contributed by atoms with E-state index >= 15 is 0 Å². The molecule has 1 rings (SSSR count). The average Bonchev–Trinajstić information content (AvgIpc) is 2.44. The predicted octanol–water partition coefficient (Wildman–Crippen LogP) is 3.11. The number of nitriles is 1. The number of hydrogen-bond donors (Lipinski definition) is 1. The Balaban J connectivity index is 2.93. The Bertz CT molecular complexity index is 570. The molecule has 0 amide bonds. The highest BCUT2D eigenvalue weighted by Crippen LogP contribution is 2.29. The molecule has 0 fully saturated rings. The van der Waals surface area contributed by atoms with E-state index < -0.39 is 5.97 Å². The number of rotatable bonds is 7. The first-order valence-electron chi connectivity index (χ1n) is 6.63. The Morgan fingerprint density at radius 1 is 1.43 bits per heavy atom. The lowest BCUT2D eigenvalue weighted by atomic mass is 10.1. The number of benzene rings is 1. The molecule has 0 saturated heterocycles. The molecule has 0 aliphatic carbocycles. The molecule has 0 aliphatic rings. The van der Waals surface area contributed by atoms with E-state index in [4.69, 9.17) is 19.8 Å². The maximum atomic E-state index is 10.8. The van der Waals surface area contributed by atoms with Gasteiger partial charge in [0.1, 0.15) is 11.6 Å². The van der Waals surface area contributed by atoms with Gasteiger partial charge < -0.3 is 14.6 Å². The molecule has 1 aromatic rings. The molecular weight excluding hydrogens is 270 g/mol. The first-order valence-corrected chi connectivity index (χ1v) is 6.63. The predicted molar refractivity (Wildman–Crippen MR) is 79.2 cm³/mol. The van der Waals surface area contributed by atoms with Crippen LogP contribution in [0.15, 0.2) is 23.8 Å². The Morgan fingerprint density at radius 3 is 2.67 bits per heavy atom. The summed E-state index contributed by atoms with van der Waals surface area (Å²) in [6.45, 7) is 4.81. The van der Waals surface area contributed by atoms with Crippen LogP contribution in [-0.4, -0.2) is 24.8 Å². The first kappa shape index (κ1) is 16.6. The van der Waals surface area contributed by atoms with Crippen molar-refractivity contribution in [2.24, 2.45) is 5.92 Å². The van der Waals surface area contributed by atoms with Crippen LogP contribution in [0.3, 0.4) is 0 Å². The Hall–Kier alpha value is -2.48. The summed E-state index contributed by atoms with van der Waals surface area (Å²) in [7, 11) is 1.51. The molecule has 0 unspecified atom stereocenters. The average molecular weight is 289 g/mol. The third-order valence-electron chi connectivity index (χ3n) is 2.80. The minimum Gasteiger partial charge on any atom is -0.493 e. The molecular formula is C16H19NO4. The van der Waals surface area contributed by atoms with Crippen molar-refractivity contribution in [1.29, 1.82) is 5.26 Å². The smallest absolute Gasteiger partial charge is 0.346 e. The maximum Gasteiger partial charge on any atom is 0.346 e. The summed E-state index contributed by atoms with van der Waals surface area (Å²) in [5.41, 5.74) is 0.243. The van der Waals surface area contributed by atoms with Crippen molar-refractivity contribution in [1.82, 2.24) is 0 Å². The van der Waals surface area contributed by atoms with Gasteiger partial charge in [-0.2, -0.15) is 5.26 Å². The molecule has 112 valence electrons. The summed E-state index contributed by atoms with van der Waals surface area (Å²) in [6.07, 6.45) is 2.23. The largest absolute Gasteiger partial charge is 0.493 e. The van der Waals surface area contributed by atoms with Gasteiger partial charge in [0, 0.05) is 0 Å². The second-order valence-corrected chi connectivity index (χ2v) is 4.92. The lowest BCUT2D eigenvalue weighted by molar-refractivity contribution is -0.132. The number of nitrogens with zero attached hydrogens (tertiary/aromatic N) is 1. The number of methoxy groups -OCH3 is 1. The Labute approximate surface area is 124 Å². The Kier molecular flexibility index (Phi) is 6.28. The van der Waals surface area contributed by atoms with Gasteiger partial charge in [-0.1, -0.05) is 19.9 Å². The summed E-state index contributed by atoms with van der Waals surface area (Å²) >= 11 is 0. The third kappa shape index (κ3) is 5.19. The zero-order valence-corrected chi connectivity index (χ0v) is 12.4. The lowest BCUT2D eigenvalue weighted by Gasteiger charge is -2.12. The number of aliphatic carboxylic acids is 1. The van der Waals surface area contributed by atoms with Crippen molar-refractivity contribution in [3.8, 4) is 17.6 Å².